The summed E-state index contributed by atoms with van der Waals surface area (Å²) in [4.78, 5) is 67.9. The highest BCUT2D eigenvalue weighted by molar-refractivity contribution is 7.90. The summed E-state index contributed by atoms with van der Waals surface area (Å²) in [6, 6.07) is 36.8. The molecule has 95 heavy (non-hydrogen) atoms. The van der Waals surface area contributed by atoms with Crippen LogP contribution in [0.2, 0.25) is 0 Å². The molecule has 8 aromatic heterocycles. The predicted molar refractivity (Wildman–Crippen MR) is 359 cm³/mol. The zero-order chi connectivity index (χ0) is 66.5. The lowest BCUT2D eigenvalue weighted by atomic mass is 9.86. The first-order chi connectivity index (χ1) is 45.7. The molecule has 8 aromatic rings. The van der Waals surface area contributed by atoms with E-state index in [-0.39, 0.29) is 50.6 Å². The molecule has 0 radical (unpaired) electrons. The van der Waals surface area contributed by atoms with Gasteiger partial charge in [-0.25, -0.2) is 39.3 Å². The van der Waals surface area contributed by atoms with Gasteiger partial charge in [0.25, 0.3) is 31.9 Å². The van der Waals surface area contributed by atoms with E-state index in [1.165, 1.54) is 68.9 Å². The van der Waals surface area contributed by atoms with Gasteiger partial charge in [-0.3, -0.25) is 19.6 Å². The van der Waals surface area contributed by atoms with E-state index in [1.807, 2.05) is 59.5 Å². The van der Waals surface area contributed by atoms with Crippen LogP contribution in [0.1, 0.15) is 149 Å². The molecule has 4 aliphatic heterocycles. The van der Waals surface area contributed by atoms with Crippen molar-refractivity contribution in [1.29, 1.82) is 0 Å². The Kier molecular flexibility index (Phi) is 19.5. The molecule has 4 fully saturated rings. The fourth-order valence-electron chi connectivity index (χ4n) is 13.2. The van der Waals surface area contributed by atoms with Crippen molar-refractivity contribution in [2.45, 2.75) is 138 Å². The fraction of sp³-hybridized carbons (Fsp3) is 0.400. The molecule has 6 aliphatic rings. The van der Waals surface area contributed by atoms with Crippen molar-refractivity contribution >= 4 is 55.1 Å². The number of carbonyl (C=O) groups excluding carboxylic acids is 2. The van der Waals surface area contributed by atoms with Crippen molar-refractivity contribution in [3.63, 3.8) is 0 Å². The largest absolute Gasteiger partial charge is 0.477 e. The topological polar surface area (TPSA) is 290 Å². The number of halogens is 1. The van der Waals surface area contributed by atoms with Gasteiger partial charge in [0, 0.05) is 49.2 Å². The molecule has 2 saturated heterocycles. The van der Waals surface area contributed by atoms with E-state index in [1.54, 1.807) is 60.9 Å². The molecule has 25 heteroatoms. The number of hydrogen-bond donors (Lipinski definition) is 5. The van der Waals surface area contributed by atoms with Crippen LogP contribution in [0.25, 0.3) is 22.8 Å². The number of pyridine rings is 8. The second-order valence-electron chi connectivity index (χ2n) is 26.6. The van der Waals surface area contributed by atoms with E-state index in [9.17, 15) is 30.8 Å². The van der Waals surface area contributed by atoms with Gasteiger partial charge in [0.2, 0.25) is 11.8 Å². The Hall–Kier alpha value is -9.07. The van der Waals surface area contributed by atoms with Crippen LogP contribution in [-0.4, -0.2) is 111 Å². The third-order valence-corrected chi connectivity index (χ3v) is 21.2. The van der Waals surface area contributed by atoms with E-state index in [0.29, 0.717) is 90.1 Å². The van der Waals surface area contributed by atoms with Gasteiger partial charge >= 0.3 is 0 Å². The van der Waals surface area contributed by atoms with Gasteiger partial charge in [0.15, 0.2) is 10.1 Å². The van der Waals surface area contributed by atoms with E-state index in [2.05, 4.69) is 77.6 Å². The number of carbonyl (C=O) groups is 2. The summed E-state index contributed by atoms with van der Waals surface area (Å²) in [5.41, 5.74) is 3.01. The lowest BCUT2D eigenvalue weighted by Crippen LogP contribution is -2.41. The van der Waals surface area contributed by atoms with Gasteiger partial charge in [0.1, 0.15) is 23.3 Å². The van der Waals surface area contributed by atoms with Crippen LogP contribution in [0.15, 0.2) is 156 Å². The first kappa shape index (κ1) is 66.0. The minimum atomic E-state index is -4.34. The van der Waals surface area contributed by atoms with Crippen LogP contribution >= 0.6 is 0 Å². The van der Waals surface area contributed by atoms with Gasteiger partial charge in [-0.2, -0.15) is 21.2 Å². The maximum Gasteiger partial charge on any atom is 0.281 e. The SMILES string of the molecule is CC1(C)C[C@@H]2CC[C@H](c3ccccn3)Nc3cccc(n3)S(=O)(=O)NC(=O)c3ccc(-c4cccc(F)n4)nc3N1C2.CC1(C)C[C@@H]2CC[C@H](c3ccccn3)Nc3cccc(n3)S(=O)(=O)NC(=O)c3ccc(-c4cccc(OCC5CCC5)n4)nc3N1C2.OCC1CCC1. The van der Waals surface area contributed by atoms with Crippen molar-refractivity contribution in [2.75, 3.05) is 46.7 Å². The van der Waals surface area contributed by atoms with Gasteiger partial charge < -0.3 is 30.3 Å². The smallest absolute Gasteiger partial charge is 0.281 e. The van der Waals surface area contributed by atoms with Gasteiger partial charge in [0.05, 0.1) is 64.0 Å². The highest BCUT2D eigenvalue weighted by Crippen LogP contribution is 2.44. The lowest BCUT2D eigenvalue weighted by molar-refractivity contribution is 0.0972. The van der Waals surface area contributed by atoms with Crippen molar-refractivity contribution in [3.8, 4) is 28.7 Å². The second kappa shape index (κ2) is 28.1. The number of nitrogens with zero attached hydrogens (tertiary/aromatic N) is 10. The van der Waals surface area contributed by atoms with Gasteiger partial charge in [-0.1, -0.05) is 49.2 Å². The number of rotatable bonds is 8. The molecule has 8 bridgehead atoms. The molecule has 496 valence electrons. The van der Waals surface area contributed by atoms with Crippen molar-refractivity contribution < 1.29 is 40.7 Å². The Balaban J connectivity index is 0.000000168. The Labute approximate surface area is 553 Å². The van der Waals surface area contributed by atoms with E-state index in [0.717, 1.165) is 49.9 Å². The molecule has 2 aliphatic carbocycles. The Bertz CT molecular complexity index is 4300. The number of anilines is 4. The molecule has 0 unspecified atom stereocenters. The quantitative estimate of drug-likeness (QED) is 0.0884. The maximum absolute atomic E-state index is 14.0. The van der Waals surface area contributed by atoms with Crippen LogP contribution in [0.4, 0.5) is 27.7 Å². The average Bonchev–Trinajstić information content (AvgIpc) is 1.74. The number of aliphatic hydroxyl groups excluding tert-OH is 1. The van der Waals surface area contributed by atoms with Crippen molar-refractivity contribution in [1.82, 2.24) is 49.3 Å². The van der Waals surface area contributed by atoms with E-state index in [4.69, 9.17) is 24.8 Å². The van der Waals surface area contributed by atoms with Crippen LogP contribution in [-0.2, 0) is 20.0 Å². The van der Waals surface area contributed by atoms with Crippen LogP contribution in [0, 0.1) is 29.6 Å². The number of nitrogens with one attached hydrogen (secondary N) is 4. The average molecular weight is 1330 g/mol. The fourth-order valence-corrected chi connectivity index (χ4v) is 15.1. The third kappa shape index (κ3) is 15.5. The standard InChI is InChI=1S/C35H39N7O4S.C30H30FN7O3S.C5H10O/c1-35(2)20-24-15-17-28(26-10-3-4-19-36-26)37-30-12-7-14-32(40-30)47(44,45)41-34(43)25-16-18-29(39-33(25)42(35)21-24)27-11-6-13-31(38-27)46-22-23-8-5-9-23;1-30(2)17-19-12-14-23(21-7-3-4-16-32-21)34-26-10-6-11-27(36-26)42(40,41)37-29(39)20-13-15-24(35-28(20)38(30)18-19)22-8-5-9-25(31)33-22;6-4-5-2-1-3-5/h3-4,6-7,10-14,16,18-19,23-24,28H,5,8-9,15,17,20-22H2,1-2H3,(H,37,40)(H,41,43);3-11,13,15-16,19,23H,12,14,17-18H2,1-2H3,(H,34,36)(H,37,39);5-6H,1-4H2/t24-,28+;19-,23+;/m00./s1. The summed E-state index contributed by atoms with van der Waals surface area (Å²) in [5, 5.41) is 14.6. The molecule has 5 N–H and O–H groups in total. The zero-order valence-electron chi connectivity index (χ0n) is 53.6. The summed E-state index contributed by atoms with van der Waals surface area (Å²) >= 11 is 0. The van der Waals surface area contributed by atoms with Crippen molar-refractivity contribution in [3.05, 3.63) is 174 Å². The Morgan fingerprint density at radius 2 is 0.979 bits per heavy atom. The number of fused-ring (bicyclic) bond motifs is 12. The zero-order valence-corrected chi connectivity index (χ0v) is 55.2. The van der Waals surface area contributed by atoms with E-state index < -0.39 is 43.3 Å². The minimum Gasteiger partial charge on any atom is -0.477 e. The first-order valence-electron chi connectivity index (χ1n) is 32.5. The monoisotopic (exact) mass is 1330 g/mol. The molecule has 14 rings (SSSR count). The first-order valence-corrected chi connectivity index (χ1v) is 35.5. The Morgan fingerprint density at radius 1 is 0.516 bits per heavy atom. The molecular formula is C70H79FN14O8S2. The Morgan fingerprint density at radius 3 is 1.41 bits per heavy atom. The molecule has 22 nitrogen and oxygen atoms in total. The number of hydrogen-bond acceptors (Lipinski definition) is 20. The number of amides is 2. The van der Waals surface area contributed by atoms with Gasteiger partial charge in [-0.15, -0.1) is 0 Å². The lowest BCUT2D eigenvalue weighted by Gasteiger charge is -2.34. The van der Waals surface area contributed by atoms with Gasteiger partial charge in [-0.05, 0) is 207 Å². The highest BCUT2D eigenvalue weighted by atomic mass is 32.2. The number of aliphatic hydroxyl groups is 1. The normalized spacial score (nSPS) is 21.8. The molecule has 2 amide bonds. The maximum atomic E-state index is 14.0. The summed E-state index contributed by atoms with van der Waals surface area (Å²) in [6.45, 7) is 10.7. The predicted octanol–water partition coefficient (Wildman–Crippen LogP) is 11.3. The van der Waals surface area contributed by atoms with Crippen molar-refractivity contribution in [2.24, 2.45) is 23.7 Å². The third-order valence-electron chi connectivity index (χ3n) is 18.7. The highest BCUT2D eigenvalue weighted by Gasteiger charge is 2.43. The molecule has 0 spiro atoms. The van der Waals surface area contributed by atoms with Crippen LogP contribution in [0.5, 0.6) is 5.88 Å². The van der Waals surface area contributed by atoms with Crippen LogP contribution in [0.3, 0.4) is 0 Å². The summed E-state index contributed by atoms with van der Waals surface area (Å²) in [5.74, 6) is 1.52. The van der Waals surface area contributed by atoms with Crippen LogP contribution < -0.4 is 34.6 Å². The molecule has 4 atom stereocenters. The molecular weight excluding hydrogens is 1250 g/mol. The minimum absolute atomic E-state index is 0.0861. The number of sulfonamides is 2. The van der Waals surface area contributed by atoms with E-state index >= 15 is 0 Å². The number of ether oxygens (including phenoxy) is 1. The molecule has 2 saturated carbocycles. The second-order valence-corrected chi connectivity index (χ2v) is 29.8. The summed E-state index contributed by atoms with van der Waals surface area (Å²) in [6.07, 6.45) is 15.8. The summed E-state index contributed by atoms with van der Waals surface area (Å²) in [7, 11) is -8.65. The molecule has 12 heterocycles. The molecule has 0 aromatic carbocycles. The summed E-state index contributed by atoms with van der Waals surface area (Å²) < 4.78 is 78.2. The number of aromatic nitrogens is 8.